The molecule has 1 heterocycles. The van der Waals surface area contributed by atoms with Gasteiger partial charge in [0.05, 0.1) is 13.7 Å². The molecule has 0 aromatic carbocycles. The number of thiophene rings is 1. The minimum Gasteiger partial charge on any atom is -0.392 e. The Bertz CT molecular complexity index is 441. The fourth-order valence-electron chi connectivity index (χ4n) is 0.816. The van der Waals surface area contributed by atoms with Gasteiger partial charge in [0.25, 0.3) is 0 Å². The lowest BCUT2D eigenvalue weighted by Gasteiger charge is -2.06. The molecule has 2 N–H and O–H groups in total. The summed E-state index contributed by atoms with van der Waals surface area (Å²) in [6, 6.07) is 1.51. The zero-order valence-electron chi connectivity index (χ0n) is 7.70. The van der Waals surface area contributed by atoms with Gasteiger partial charge in [-0.3, -0.25) is 0 Å². The Kier molecular flexibility index (Phi) is 4.75. The molecule has 86 valence electrons. The lowest BCUT2D eigenvalue weighted by molar-refractivity contribution is 0.198. The molecule has 0 bridgehead atoms. The third-order valence-electron chi connectivity index (χ3n) is 1.48. The molecule has 0 aliphatic carbocycles. The summed E-state index contributed by atoms with van der Waals surface area (Å²) in [5.74, 6) is 0. The maximum absolute atomic E-state index is 11.7. The number of hydrogen-bond acceptors (Lipinski definition) is 4. The monoisotopic (exact) mass is 377 g/mol. The molecule has 15 heavy (non-hydrogen) atoms. The van der Waals surface area contributed by atoms with Crippen LogP contribution >= 0.6 is 43.2 Å². The van der Waals surface area contributed by atoms with Gasteiger partial charge in [0, 0.05) is 6.54 Å². The minimum absolute atomic E-state index is 0.00222. The van der Waals surface area contributed by atoms with Crippen LogP contribution in [0.2, 0.25) is 0 Å². The maximum atomic E-state index is 11.7. The molecule has 1 aromatic heterocycles. The Hall–Kier alpha value is 0.530. The standard InChI is InChI=1S/C7H9Br2NO3S2/c1-4(11)3-10-15(12,13)5-2-6(8)14-7(5)9/h2,4,10-11H,3H2,1H3/t4-/m1/s1. The molecule has 0 spiro atoms. The Morgan fingerprint density at radius 1 is 1.60 bits per heavy atom. The van der Waals surface area contributed by atoms with Crippen molar-refractivity contribution in [2.45, 2.75) is 17.9 Å². The highest BCUT2D eigenvalue weighted by Crippen LogP contribution is 2.34. The molecule has 0 saturated heterocycles. The second-order valence-corrected chi connectivity index (χ2v) is 8.37. The Balaban J connectivity index is 2.91. The van der Waals surface area contributed by atoms with Crippen LogP contribution in [0.4, 0.5) is 0 Å². The highest BCUT2D eigenvalue weighted by molar-refractivity contribution is 9.12. The molecule has 4 nitrogen and oxygen atoms in total. The molecule has 0 amide bonds. The van der Waals surface area contributed by atoms with Gasteiger partial charge in [-0.25, -0.2) is 13.1 Å². The van der Waals surface area contributed by atoms with Crippen LogP contribution in [0, 0.1) is 0 Å². The van der Waals surface area contributed by atoms with E-state index in [1.807, 2.05) is 0 Å². The third-order valence-corrected chi connectivity index (χ3v) is 5.66. The van der Waals surface area contributed by atoms with Crippen molar-refractivity contribution in [2.24, 2.45) is 0 Å². The Morgan fingerprint density at radius 3 is 2.60 bits per heavy atom. The van der Waals surface area contributed by atoms with Crippen LogP contribution in [0.25, 0.3) is 0 Å². The van der Waals surface area contributed by atoms with Crippen LogP contribution < -0.4 is 4.72 Å². The smallest absolute Gasteiger partial charge is 0.242 e. The molecular formula is C7H9Br2NO3S2. The summed E-state index contributed by atoms with van der Waals surface area (Å²) in [5, 5.41) is 8.99. The second-order valence-electron chi connectivity index (χ2n) is 2.89. The van der Waals surface area contributed by atoms with Crippen molar-refractivity contribution < 1.29 is 13.5 Å². The summed E-state index contributed by atoms with van der Waals surface area (Å²) in [4.78, 5) is 0.181. The van der Waals surface area contributed by atoms with Gasteiger partial charge in [0.2, 0.25) is 10.0 Å². The Labute approximate surface area is 109 Å². The lowest BCUT2D eigenvalue weighted by atomic mass is 10.4. The largest absolute Gasteiger partial charge is 0.392 e. The van der Waals surface area contributed by atoms with Gasteiger partial charge < -0.3 is 5.11 Å². The van der Waals surface area contributed by atoms with Crippen molar-refractivity contribution in [1.82, 2.24) is 4.72 Å². The van der Waals surface area contributed by atoms with Crippen LogP contribution in [0.15, 0.2) is 18.5 Å². The van der Waals surface area contributed by atoms with Gasteiger partial charge in [-0.2, -0.15) is 0 Å². The molecule has 0 unspecified atom stereocenters. The number of aliphatic hydroxyl groups excluding tert-OH is 1. The first-order valence-corrected chi connectivity index (χ1v) is 7.84. The van der Waals surface area contributed by atoms with E-state index in [9.17, 15) is 8.42 Å². The average molecular weight is 379 g/mol. The number of hydrogen-bond donors (Lipinski definition) is 2. The Morgan fingerprint density at radius 2 is 2.20 bits per heavy atom. The van der Waals surface area contributed by atoms with E-state index in [1.54, 1.807) is 0 Å². The number of nitrogens with one attached hydrogen (secondary N) is 1. The van der Waals surface area contributed by atoms with E-state index >= 15 is 0 Å². The average Bonchev–Trinajstić information content (AvgIpc) is 2.43. The molecule has 0 radical (unpaired) electrons. The second kappa shape index (κ2) is 5.24. The molecule has 0 saturated carbocycles. The van der Waals surface area contributed by atoms with Crippen molar-refractivity contribution in [1.29, 1.82) is 0 Å². The fraction of sp³-hybridized carbons (Fsp3) is 0.429. The van der Waals surface area contributed by atoms with Gasteiger partial charge in [0.1, 0.15) is 4.90 Å². The van der Waals surface area contributed by atoms with Crippen molar-refractivity contribution in [2.75, 3.05) is 6.54 Å². The number of aliphatic hydroxyl groups is 1. The quantitative estimate of drug-likeness (QED) is 0.841. The first-order chi connectivity index (χ1) is 6.83. The van der Waals surface area contributed by atoms with Crippen LogP contribution in [-0.4, -0.2) is 26.2 Å². The fourth-order valence-corrected chi connectivity index (χ4v) is 5.75. The third kappa shape index (κ3) is 3.79. The molecule has 1 atom stereocenters. The molecule has 0 aliphatic heterocycles. The molecule has 0 aliphatic rings. The molecule has 1 aromatic rings. The lowest BCUT2D eigenvalue weighted by Crippen LogP contribution is -2.30. The molecule has 8 heteroatoms. The number of halogens is 2. The van der Waals surface area contributed by atoms with Crippen molar-refractivity contribution >= 4 is 53.2 Å². The SMILES string of the molecule is C[C@@H](O)CNS(=O)(=O)c1cc(Br)sc1Br. The van der Waals surface area contributed by atoms with Crippen molar-refractivity contribution in [3.8, 4) is 0 Å². The molecule has 1 rings (SSSR count). The summed E-state index contributed by atoms with van der Waals surface area (Å²) < 4.78 is 27.0. The van der Waals surface area contributed by atoms with E-state index < -0.39 is 16.1 Å². The zero-order valence-corrected chi connectivity index (χ0v) is 12.5. The highest BCUT2D eigenvalue weighted by Gasteiger charge is 2.20. The summed E-state index contributed by atoms with van der Waals surface area (Å²) in [5.41, 5.74) is 0. The van der Waals surface area contributed by atoms with E-state index in [-0.39, 0.29) is 11.4 Å². The first kappa shape index (κ1) is 13.6. The summed E-state index contributed by atoms with van der Waals surface area (Å²) in [7, 11) is -3.54. The normalized spacial score (nSPS) is 14.1. The number of sulfonamides is 1. The maximum Gasteiger partial charge on any atom is 0.242 e. The highest BCUT2D eigenvalue weighted by atomic mass is 79.9. The number of rotatable bonds is 4. The van der Waals surface area contributed by atoms with Gasteiger partial charge >= 0.3 is 0 Å². The van der Waals surface area contributed by atoms with Crippen molar-refractivity contribution in [3.05, 3.63) is 13.6 Å². The van der Waals surface area contributed by atoms with Gasteiger partial charge in [-0.05, 0) is 44.8 Å². The van der Waals surface area contributed by atoms with Crippen LogP contribution in [0.5, 0.6) is 0 Å². The van der Waals surface area contributed by atoms with E-state index in [0.717, 1.165) is 3.79 Å². The van der Waals surface area contributed by atoms with E-state index in [0.29, 0.717) is 3.79 Å². The van der Waals surface area contributed by atoms with E-state index in [1.165, 1.54) is 24.3 Å². The first-order valence-electron chi connectivity index (χ1n) is 3.95. The van der Waals surface area contributed by atoms with E-state index in [2.05, 4.69) is 36.6 Å². The predicted molar refractivity (Wildman–Crippen MR) is 66.6 cm³/mol. The minimum atomic E-state index is -3.54. The topological polar surface area (TPSA) is 66.4 Å². The van der Waals surface area contributed by atoms with Gasteiger partial charge in [-0.15, -0.1) is 11.3 Å². The van der Waals surface area contributed by atoms with Crippen LogP contribution in [0.1, 0.15) is 6.92 Å². The molecule has 0 fully saturated rings. The van der Waals surface area contributed by atoms with Crippen LogP contribution in [0.3, 0.4) is 0 Å². The van der Waals surface area contributed by atoms with Gasteiger partial charge in [0.15, 0.2) is 0 Å². The summed E-state index contributed by atoms with van der Waals surface area (Å²) in [6.45, 7) is 1.52. The van der Waals surface area contributed by atoms with Crippen molar-refractivity contribution in [3.63, 3.8) is 0 Å². The predicted octanol–water partition coefficient (Wildman–Crippen LogP) is 1.93. The van der Waals surface area contributed by atoms with Crippen LogP contribution in [-0.2, 0) is 10.0 Å². The summed E-state index contributed by atoms with van der Waals surface area (Å²) in [6.07, 6.45) is -0.708. The summed E-state index contributed by atoms with van der Waals surface area (Å²) >= 11 is 7.65. The molecular weight excluding hydrogens is 370 g/mol. The van der Waals surface area contributed by atoms with E-state index in [4.69, 9.17) is 5.11 Å². The zero-order chi connectivity index (χ0) is 11.6. The van der Waals surface area contributed by atoms with Gasteiger partial charge in [-0.1, -0.05) is 0 Å².